The maximum Gasteiger partial charge on any atom is 0.312 e. The molecule has 1 aliphatic carbocycles. The van der Waals surface area contributed by atoms with Crippen molar-refractivity contribution in [2.75, 3.05) is 130 Å². The Balaban J connectivity index is 0.621. The van der Waals surface area contributed by atoms with Gasteiger partial charge in [0.2, 0.25) is 35.4 Å². The number of nitrogens with two attached hydrogens (primary N) is 2. The Hall–Kier alpha value is -8.73. The Labute approximate surface area is 626 Å². The number of carbonyl (C=O) groups is 9. The predicted molar refractivity (Wildman–Crippen MR) is 398 cm³/mol. The zero-order chi connectivity index (χ0) is 75.6. The predicted octanol–water partition coefficient (Wildman–Crippen LogP) is 4.84. The molecular weight excluding hydrogens is 1410 g/mol. The van der Waals surface area contributed by atoms with Crippen molar-refractivity contribution in [2.45, 2.75) is 132 Å². The fraction of sp³-hybridized carbons (Fsp3) is 0.527. The molecule has 0 bridgehead atoms. The van der Waals surface area contributed by atoms with Gasteiger partial charge in [0.1, 0.15) is 28.0 Å². The smallest absolute Gasteiger partial charge is 0.312 e. The molecule has 3 aromatic heterocycles. The summed E-state index contributed by atoms with van der Waals surface area (Å²) in [5.74, 6) is -2.71. The molecule has 3 aliphatic heterocycles. The number of aliphatic imine (C=N–C) groups is 1. The first-order chi connectivity index (χ1) is 51.4. The van der Waals surface area contributed by atoms with E-state index in [9.17, 15) is 48.3 Å². The number of aliphatic hydroxyl groups is 1. The van der Waals surface area contributed by atoms with Crippen molar-refractivity contribution in [3.63, 3.8) is 0 Å². The van der Waals surface area contributed by atoms with Crippen LogP contribution in [0.2, 0.25) is 0 Å². The van der Waals surface area contributed by atoms with Gasteiger partial charge in [0.15, 0.2) is 0 Å². The number of urea groups is 1. The highest BCUT2D eigenvalue weighted by atomic mass is 32.2. The minimum atomic E-state index is -1.01. The fourth-order valence-electron chi connectivity index (χ4n) is 11.9. The molecule has 6 heterocycles. The number of rotatable bonds is 48. The Bertz CT molecular complexity index is 3650. The van der Waals surface area contributed by atoms with Crippen LogP contribution in [0.1, 0.15) is 114 Å². The lowest BCUT2D eigenvalue weighted by Gasteiger charge is -2.29. The van der Waals surface area contributed by atoms with Gasteiger partial charge in [0.25, 0.3) is 11.8 Å². The fourth-order valence-corrected chi connectivity index (χ4v) is 13.8. The van der Waals surface area contributed by atoms with Gasteiger partial charge in [-0.25, -0.2) is 19.8 Å². The lowest BCUT2D eigenvalue weighted by atomic mass is 9.92. The summed E-state index contributed by atoms with van der Waals surface area (Å²) < 4.78 is 33.7. The third-order valence-corrected chi connectivity index (χ3v) is 19.8. The molecule has 8 rings (SSSR count). The number of benzene rings is 1. The Kier molecular flexibility index (Phi) is 34.2. The number of pyridine rings is 3. The normalized spacial score (nSPS) is 15.0. The van der Waals surface area contributed by atoms with Gasteiger partial charge in [-0.3, -0.25) is 48.2 Å². The van der Waals surface area contributed by atoms with Crippen LogP contribution in [0, 0.1) is 5.92 Å². The van der Waals surface area contributed by atoms with Crippen LogP contribution >= 0.6 is 23.5 Å². The molecule has 4 aromatic rings. The number of thioether (sulfide) groups is 2. The SMILES string of the molecule is CCCN(CCO)C(=O)C1=Cc2ccc(C3(C(=O)Nc4cnc5c(c4)CN(C(=O)CCOCCOCCOCCOCCOCCOCCNC(=O)[C@H](CCCNC(N)=O)NC(=O)[C@@H](NC(=O)CCCCCN4C(=O)C(Sc6ccccn6)=C(Sc6ccccn6)C4=O)C(C)C)CC5)CC3)cc2N=C(N)C1. The standard InChI is InChI=1S/C74H100N14O16S2/c1-4-27-86(30-31-89)69(94)52-44-51-17-18-54(47-58(51)83-59(75)46-52)74(21-22-74)72(97)82-55-45-53-49-87(29-19-56(53)81-48-55)63(91)20-32-99-34-36-101-38-40-103-42-43-104-41-39-102-37-35-100-33-26-79-67(92)57(13-12-25-80-73(76)98)84-68(93)64(50(2)3)85-60(90)14-6-5-11-28-88-70(95)65(105-61-15-7-9-23-77-61)66(71(88)96)106-62-16-8-10-24-78-62/h7-10,15-18,23-24,44-45,47-48,50,57,64,89H,4-6,11-14,19-22,25-43,46,49H2,1-3H3,(H2,75,83)(H,79,92)(H,82,97)(H,84,93)(H,85,90)(H3,76,80,98)/t57-,64-/m0/s1. The summed E-state index contributed by atoms with van der Waals surface area (Å²) in [7, 11) is 0. The zero-order valence-corrected chi connectivity index (χ0v) is 62.2. The summed E-state index contributed by atoms with van der Waals surface area (Å²) in [4.78, 5) is 143. The number of aromatic nitrogens is 3. The molecule has 10 N–H and O–H groups in total. The molecule has 4 aliphatic rings. The quantitative estimate of drug-likeness (QED) is 0.0217. The number of aliphatic hydroxyl groups excluding tert-OH is 1. The number of anilines is 1. The molecule has 1 saturated carbocycles. The second-order valence-electron chi connectivity index (χ2n) is 25.9. The van der Waals surface area contributed by atoms with Gasteiger partial charge in [0, 0.05) is 94.3 Å². The molecule has 0 spiro atoms. The molecule has 2 atom stereocenters. The van der Waals surface area contributed by atoms with Crippen LogP contribution in [-0.2, 0) is 85.2 Å². The number of hydrogen-bond acceptors (Lipinski definition) is 23. The topological polar surface area (TPSA) is 402 Å². The summed E-state index contributed by atoms with van der Waals surface area (Å²) in [5, 5.41) is 24.6. The highest BCUT2D eigenvalue weighted by molar-refractivity contribution is 8.08. The van der Waals surface area contributed by atoms with Gasteiger partial charge >= 0.3 is 6.03 Å². The zero-order valence-electron chi connectivity index (χ0n) is 60.6. The van der Waals surface area contributed by atoms with Crippen LogP contribution in [0.5, 0.6) is 0 Å². The third-order valence-electron chi connectivity index (χ3n) is 17.6. The number of hydrogen-bond donors (Lipinski definition) is 8. The molecule has 0 unspecified atom stereocenters. The average Bonchev–Trinajstić information content (AvgIpc) is 1.58. The van der Waals surface area contributed by atoms with Crippen molar-refractivity contribution in [1.29, 1.82) is 0 Å². The number of fused-ring (bicyclic) bond motifs is 2. The van der Waals surface area contributed by atoms with Crippen molar-refractivity contribution in [3.8, 4) is 0 Å². The minimum absolute atomic E-state index is 0.0472. The second-order valence-corrected chi connectivity index (χ2v) is 28.0. The molecule has 1 fully saturated rings. The van der Waals surface area contributed by atoms with E-state index in [1.807, 2.05) is 31.2 Å². The Morgan fingerprint density at radius 3 is 1.92 bits per heavy atom. The lowest BCUT2D eigenvalue weighted by molar-refractivity contribution is -0.137. The van der Waals surface area contributed by atoms with Crippen molar-refractivity contribution in [2.24, 2.45) is 22.4 Å². The highest BCUT2D eigenvalue weighted by Crippen LogP contribution is 2.50. The van der Waals surface area contributed by atoms with E-state index < -0.39 is 47.2 Å². The number of nitrogens with zero attached hydrogens (tertiary/aromatic N) is 7. The first kappa shape index (κ1) is 82.9. The molecule has 32 heteroatoms. The van der Waals surface area contributed by atoms with E-state index in [1.165, 1.54) is 4.90 Å². The van der Waals surface area contributed by atoms with Crippen molar-refractivity contribution >= 4 is 100 Å². The summed E-state index contributed by atoms with van der Waals surface area (Å²) in [6, 6.07) is 15.5. The van der Waals surface area contributed by atoms with E-state index in [0.717, 1.165) is 52.3 Å². The van der Waals surface area contributed by atoms with Crippen LogP contribution in [0.15, 0.2) is 110 Å². The maximum atomic E-state index is 14.0. The average molecular weight is 1510 g/mol. The summed E-state index contributed by atoms with van der Waals surface area (Å²) >= 11 is 2.26. The van der Waals surface area contributed by atoms with Crippen LogP contribution < -0.4 is 38.1 Å². The van der Waals surface area contributed by atoms with Crippen molar-refractivity contribution in [1.82, 2.24) is 50.9 Å². The number of nitrogens with one attached hydrogen (secondary N) is 5. The molecule has 0 saturated heterocycles. The highest BCUT2D eigenvalue weighted by Gasteiger charge is 2.52. The Morgan fingerprint density at radius 2 is 1.34 bits per heavy atom. The van der Waals surface area contributed by atoms with Gasteiger partial charge < -0.3 is 81.4 Å². The molecular formula is C74H100N14O16S2. The van der Waals surface area contributed by atoms with Crippen LogP contribution in [0.25, 0.3) is 6.08 Å². The molecule has 106 heavy (non-hydrogen) atoms. The first-order valence-electron chi connectivity index (χ1n) is 36.2. The number of imide groups is 1. The number of amides is 10. The largest absolute Gasteiger partial charge is 0.395 e. The Morgan fingerprint density at radius 1 is 0.708 bits per heavy atom. The van der Waals surface area contributed by atoms with Crippen molar-refractivity contribution < 1.29 is 76.7 Å². The third kappa shape index (κ3) is 26.1. The first-order valence-corrected chi connectivity index (χ1v) is 37.8. The van der Waals surface area contributed by atoms with Crippen molar-refractivity contribution in [3.05, 3.63) is 117 Å². The van der Waals surface area contributed by atoms with Gasteiger partial charge in [-0.2, -0.15) is 0 Å². The number of carbonyl (C=O) groups excluding carboxylic acids is 9. The monoisotopic (exact) mass is 1500 g/mol. The molecule has 10 amide bonds. The van der Waals surface area contributed by atoms with Gasteiger partial charge in [-0.1, -0.05) is 75.0 Å². The molecule has 30 nitrogen and oxygen atoms in total. The van der Waals surface area contributed by atoms with E-state index >= 15 is 0 Å². The minimum Gasteiger partial charge on any atom is -0.395 e. The number of ether oxygens (including phenoxy) is 6. The summed E-state index contributed by atoms with van der Waals surface area (Å²) in [6.07, 6.45) is 11.6. The number of unbranched alkanes of at least 4 members (excludes halogenated alkanes) is 2. The molecule has 574 valence electrons. The second kappa shape index (κ2) is 43.8. The molecule has 0 radical (unpaired) electrons. The van der Waals surface area contributed by atoms with Gasteiger partial charge in [0.05, 0.1) is 125 Å². The molecule has 1 aromatic carbocycles. The van der Waals surface area contributed by atoms with E-state index in [4.69, 9.17) is 39.9 Å². The van der Waals surface area contributed by atoms with Crippen LogP contribution in [-0.4, -0.2) is 231 Å². The van der Waals surface area contributed by atoms with Gasteiger partial charge in [-0.15, -0.1) is 0 Å². The van der Waals surface area contributed by atoms with E-state index in [0.29, 0.717) is 144 Å². The summed E-state index contributed by atoms with van der Waals surface area (Å²) in [5.41, 5.74) is 15.7. The van der Waals surface area contributed by atoms with Crippen LogP contribution in [0.3, 0.4) is 0 Å². The summed E-state index contributed by atoms with van der Waals surface area (Å²) in [6.45, 7) is 11.1. The lowest BCUT2D eigenvalue weighted by Crippen LogP contribution is -2.55. The van der Waals surface area contributed by atoms with E-state index in [1.54, 1.807) is 84.7 Å². The van der Waals surface area contributed by atoms with Crippen LogP contribution in [0.4, 0.5) is 16.2 Å². The number of primary amides is 1. The van der Waals surface area contributed by atoms with Gasteiger partial charge in [-0.05, 0) is 104 Å². The number of amidine groups is 1. The van der Waals surface area contributed by atoms with E-state index in [-0.39, 0.29) is 130 Å². The van der Waals surface area contributed by atoms with E-state index in [2.05, 4.69) is 46.5 Å². The maximum absolute atomic E-state index is 14.0.